The van der Waals surface area contributed by atoms with Gasteiger partial charge in [-0.05, 0) is 30.3 Å². The molecule has 1 aromatic carbocycles. The summed E-state index contributed by atoms with van der Waals surface area (Å²) in [5, 5.41) is 0.442. The van der Waals surface area contributed by atoms with E-state index in [4.69, 9.17) is 17.3 Å². The summed E-state index contributed by atoms with van der Waals surface area (Å²) < 4.78 is 1.41. The molecule has 0 aliphatic heterocycles. The average Bonchev–Trinajstić information content (AvgIpc) is 2.68. The molecule has 0 radical (unpaired) electrons. The highest BCUT2D eigenvalue weighted by molar-refractivity contribution is 6.32. The number of pyridine rings is 1. The quantitative estimate of drug-likeness (QED) is 0.657. The molecule has 3 aromatic rings. The molecule has 0 bridgehead atoms. The molecule has 6 heteroatoms. The number of aromatic amines is 1. The monoisotopic (exact) mass is 260 g/mol. The largest absolute Gasteiger partial charge is 0.399 e. The summed E-state index contributed by atoms with van der Waals surface area (Å²) in [5.41, 5.74) is 7.66. The number of nitrogens with one attached hydrogen (secondary N) is 1. The second-order valence-electron chi connectivity index (χ2n) is 3.85. The number of fused-ring (bicyclic) bond motifs is 1. The second kappa shape index (κ2) is 3.89. The van der Waals surface area contributed by atoms with Gasteiger partial charge in [-0.25, -0.2) is 14.3 Å². The van der Waals surface area contributed by atoms with Crippen molar-refractivity contribution in [1.29, 1.82) is 0 Å². The average molecular weight is 261 g/mol. The lowest BCUT2D eigenvalue weighted by molar-refractivity contribution is 1.00. The third-order valence-corrected chi connectivity index (χ3v) is 2.97. The first-order valence-electron chi connectivity index (χ1n) is 5.28. The Balaban J connectivity index is 2.41. The number of nitrogens with two attached hydrogens (primary N) is 1. The minimum atomic E-state index is -0.295. The van der Waals surface area contributed by atoms with Crippen LogP contribution < -0.4 is 11.4 Å². The normalized spacial score (nSPS) is 10.9. The molecule has 0 spiro atoms. The van der Waals surface area contributed by atoms with Crippen molar-refractivity contribution in [3.63, 3.8) is 0 Å². The Labute approximate surface area is 107 Å². The third kappa shape index (κ3) is 1.56. The Morgan fingerprint density at radius 2 is 2.17 bits per heavy atom. The molecule has 0 amide bonds. The molecule has 18 heavy (non-hydrogen) atoms. The Hall–Kier alpha value is -2.27. The second-order valence-corrected chi connectivity index (χ2v) is 4.26. The summed E-state index contributed by atoms with van der Waals surface area (Å²) >= 11 is 6.10. The van der Waals surface area contributed by atoms with Crippen LogP contribution in [0, 0.1) is 0 Å². The number of benzene rings is 1. The van der Waals surface area contributed by atoms with Crippen LogP contribution in [-0.2, 0) is 0 Å². The van der Waals surface area contributed by atoms with Crippen molar-refractivity contribution in [3.05, 3.63) is 52.0 Å². The molecule has 90 valence electrons. The van der Waals surface area contributed by atoms with Crippen LogP contribution in [0.2, 0.25) is 5.02 Å². The van der Waals surface area contributed by atoms with Crippen molar-refractivity contribution < 1.29 is 0 Å². The smallest absolute Gasteiger partial charge is 0.332 e. The molecule has 0 unspecified atom stereocenters. The van der Waals surface area contributed by atoms with Gasteiger partial charge in [0, 0.05) is 11.9 Å². The van der Waals surface area contributed by atoms with E-state index in [1.807, 2.05) is 0 Å². The zero-order valence-corrected chi connectivity index (χ0v) is 9.98. The van der Waals surface area contributed by atoms with Gasteiger partial charge in [-0.3, -0.25) is 0 Å². The summed E-state index contributed by atoms with van der Waals surface area (Å²) in [4.78, 5) is 18.9. The van der Waals surface area contributed by atoms with Gasteiger partial charge in [0.25, 0.3) is 0 Å². The number of anilines is 1. The van der Waals surface area contributed by atoms with Crippen molar-refractivity contribution in [2.24, 2.45) is 0 Å². The van der Waals surface area contributed by atoms with Gasteiger partial charge in [0.2, 0.25) is 0 Å². The zero-order valence-electron chi connectivity index (χ0n) is 9.22. The number of hydrogen-bond donors (Lipinski definition) is 2. The Kier molecular flexibility index (Phi) is 2.34. The van der Waals surface area contributed by atoms with Gasteiger partial charge in [-0.2, -0.15) is 0 Å². The first-order valence-corrected chi connectivity index (χ1v) is 5.66. The highest BCUT2D eigenvalue weighted by Crippen LogP contribution is 2.23. The number of hydrogen-bond acceptors (Lipinski definition) is 3. The van der Waals surface area contributed by atoms with Gasteiger partial charge < -0.3 is 10.7 Å². The molecule has 0 atom stereocenters. The molecule has 2 aromatic heterocycles. The predicted molar refractivity (Wildman–Crippen MR) is 71.1 cm³/mol. The van der Waals surface area contributed by atoms with E-state index in [1.54, 1.807) is 36.5 Å². The topological polar surface area (TPSA) is 76.7 Å². The van der Waals surface area contributed by atoms with Gasteiger partial charge in [0.15, 0.2) is 5.65 Å². The highest BCUT2D eigenvalue weighted by atomic mass is 35.5. The van der Waals surface area contributed by atoms with Gasteiger partial charge in [-0.15, -0.1) is 0 Å². The molecular formula is C12H9ClN4O. The SMILES string of the molecule is Nc1ccc(Cl)c(-n2c(=O)[nH]c3cccnc32)c1. The Morgan fingerprint density at radius 3 is 3.00 bits per heavy atom. The molecule has 2 heterocycles. The van der Waals surface area contributed by atoms with Crippen molar-refractivity contribution in [2.45, 2.75) is 0 Å². The molecule has 0 saturated carbocycles. The summed E-state index contributed by atoms with van der Waals surface area (Å²) in [6.07, 6.45) is 1.62. The molecule has 0 saturated heterocycles. The summed E-state index contributed by atoms with van der Waals surface area (Å²) in [5.74, 6) is 0. The fourth-order valence-electron chi connectivity index (χ4n) is 1.86. The third-order valence-electron chi connectivity index (χ3n) is 2.65. The summed E-state index contributed by atoms with van der Waals surface area (Å²) in [6, 6.07) is 8.51. The van der Waals surface area contributed by atoms with Crippen LogP contribution in [-0.4, -0.2) is 14.5 Å². The van der Waals surface area contributed by atoms with E-state index in [1.165, 1.54) is 4.57 Å². The van der Waals surface area contributed by atoms with E-state index in [9.17, 15) is 4.79 Å². The van der Waals surface area contributed by atoms with Crippen LogP contribution >= 0.6 is 11.6 Å². The number of nitrogen functional groups attached to an aromatic ring is 1. The molecular weight excluding hydrogens is 252 g/mol. The summed E-state index contributed by atoms with van der Waals surface area (Å²) in [6.45, 7) is 0. The van der Waals surface area contributed by atoms with Crippen LogP contribution in [0.25, 0.3) is 16.9 Å². The lowest BCUT2D eigenvalue weighted by Gasteiger charge is -2.06. The lowest BCUT2D eigenvalue weighted by Crippen LogP contribution is -2.15. The van der Waals surface area contributed by atoms with E-state index in [-0.39, 0.29) is 5.69 Å². The predicted octanol–water partition coefficient (Wildman–Crippen LogP) is 1.95. The molecule has 0 aliphatic rings. The van der Waals surface area contributed by atoms with Crippen molar-refractivity contribution in [1.82, 2.24) is 14.5 Å². The van der Waals surface area contributed by atoms with E-state index >= 15 is 0 Å². The van der Waals surface area contributed by atoms with Crippen molar-refractivity contribution in [2.75, 3.05) is 5.73 Å². The maximum atomic E-state index is 12.0. The van der Waals surface area contributed by atoms with Gasteiger partial charge in [0.1, 0.15) is 0 Å². The number of rotatable bonds is 1. The van der Waals surface area contributed by atoms with E-state index < -0.39 is 0 Å². The van der Waals surface area contributed by atoms with E-state index in [2.05, 4.69) is 9.97 Å². The fraction of sp³-hybridized carbons (Fsp3) is 0. The van der Waals surface area contributed by atoms with Gasteiger partial charge in [-0.1, -0.05) is 11.6 Å². The first kappa shape index (κ1) is 10.9. The zero-order chi connectivity index (χ0) is 12.7. The van der Waals surface area contributed by atoms with E-state index in [0.29, 0.717) is 27.6 Å². The number of halogens is 1. The van der Waals surface area contributed by atoms with Gasteiger partial charge >= 0.3 is 5.69 Å². The number of aromatic nitrogens is 3. The van der Waals surface area contributed by atoms with Gasteiger partial charge in [0.05, 0.1) is 16.2 Å². The number of nitrogens with zero attached hydrogens (tertiary/aromatic N) is 2. The highest BCUT2D eigenvalue weighted by Gasteiger charge is 2.12. The van der Waals surface area contributed by atoms with Crippen LogP contribution in [0.15, 0.2) is 41.3 Å². The standard InChI is InChI=1S/C12H9ClN4O/c13-8-4-3-7(14)6-10(8)17-11-9(16-12(17)18)2-1-5-15-11/h1-6H,14H2,(H,16,18). The molecule has 3 rings (SSSR count). The maximum absolute atomic E-state index is 12.0. The van der Waals surface area contributed by atoms with Crippen molar-refractivity contribution in [3.8, 4) is 5.69 Å². The number of imidazole rings is 1. The fourth-order valence-corrected chi connectivity index (χ4v) is 2.07. The van der Waals surface area contributed by atoms with Crippen LogP contribution in [0.1, 0.15) is 0 Å². The maximum Gasteiger partial charge on any atom is 0.332 e. The Bertz CT molecular complexity index is 790. The summed E-state index contributed by atoms with van der Waals surface area (Å²) in [7, 11) is 0. The van der Waals surface area contributed by atoms with Crippen LogP contribution in [0.5, 0.6) is 0 Å². The first-order chi connectivity index (χ1) is 8.66. The molecule has 0 aliphatic carbocycles. The lowest BCUT2D eigenvalue weighted by atomic mass is 10.3. The van der Waals surface area contributed by atoms with Crippen LogP contribution in [0.4, 0.5) is 5.69 Å². The number of H-pyrrole nitrogens is 1. The van der Waals surface area contributed by atoms with Crippen LogP contribution in [0.3, 0.4) is 0 Å². The Morgan fingerprint density at radius 1 is 1.33 bits per heavy atom. The molecule has 3 N–H and O–H groups in total. The molecule has 5 nitrogen and oxygen atoms in total. The van der Waals surface area contributed by atoms with E-state index in [0.717, 1.165) is 0 Å². The van der Waals surface area contributed by atoms with Crippen molar-refractivity contribution >= 4 is 28.5 Å². The minimum absolute atomic E-state index is 0.295. The molecule has 0 fully saturated rings. The minimum Gasteiger partial charge on any atom is -0.399 e.